The molecule has 160 valence electrons. The molecule has 1 aromatic rings. The highest BCUT2D eigenvalue weighted by Gasteiger charge is 2.23. The van der Waals surface area contributed by atoms with Crippen LogP contribution in [0.4, 0.5) is 0 Å². The summed E-state index contributed by atoms with van der Waals surface area (Å²) in [4.78, 5) is 59.6. The molecule has 5 N–H and O–H groups in total. The highest BCUT2D eigenvalue weighted by molar-refractivity contribution is 6.12. The topological polar surface area (TPSA) is 162 Å². The fourth-order valence-electron chi connectivity index (χ4n) is 2.72. The molecule has 0 spiro atoms. The lowest BCUT2D eigenvalue weighted by Gasteiger charge is -2.14. The van der Waals surface area contributed by atoms with Crippen molar-refractivity contribution < 1.29 is 28.7 Å². The zero-order chi connectivity index (χ0) is 22.1. The van der Waals surface area contributed by atoms with Gasteiger partial charge in [0.05, 0.1) is 0 Å². The van der Waals surface area contributed by atoms with E-state index in [9.17, 15) is 24.0 Å². The summed E-state index contributed by atoms with van der Waals surface area (Å²) in [6.07, 6.45) is 3.53. The average molecular weight is 416 g/mol. The number of carbonyl (C=O) groups is 5. The molecule has 0 radical (unpaired) electrons. The van der Waals surface area contributed by atoms with Crippen LogP contribution >= 0.6 is 0 Å². The number of amides is 3. The van der Waals surface area contributed by atoms with Crippen LogP contribution in [0.1, 0.15) is 35.2 Å². The first-order valence-electron chi connectivity index (χ1n) is 9.42. The van der Waals surface area contributed by atoms with Gasteiger partial charge in [0, 0.05) is 30.8 Å². The van der Waals surface area contributed by atoms with E-state index in [-0.39, 0.29) is 31.3 Å². The molecule has 10 nitrogen and oxygen atoms in total. The molecule has 10 heteroatoms. The Morgan fingerprint density at radius 2 is 1.80 bits per heavy atom. The lowest BCUT2D eigenvalue weighted by atomic mass is 10.1. The second-order valence-electron chi connectivity index (χ2n) is 6.64. The van der Waals surface area contributed by atoms with Gasteiger partial charge in [0.2, 0.25) is 0 Å². The molecule has 1 aliphatic rings. The van der Waals surface area contributed by atoms with Crippen molar-refractivity contribution in [3.63, 3.8) is 0 Å². The van der Waals surface area contributed by atoms with Crippen molar-refractivity contribution in [2.45, 2.75) is 31.8 Å². The SMILES string of the molecule is NCc1cccc(C(=O)NCC(=O)OC(=O)[C@H](N)CCCCN2C(=O)C=CC2=O)c1. The van der Waals surface area contributed by atoms with Crippen LogP contribution in [0.3, 0.4) is 0 Å². The molecule has 0 unspecified atom stereocenters. The molecule has 1 heterocycles. The Kier molecular flexibility index (Phi) is 8.39. The first-order chi connectivity index (χ1) is 14.3. The number of nitrogens with two attached hydrogens (primary N) is 2. The quantitative estimate of drug-likeness (QED) is 0.196. The molecule has 0 aliphatic carbocycles. The third-order valence-electron chi connectivity index (χ3n) is 4.38. The van der Waals surface area contributed by atoms with E-state index in [0.717, 1.165) is 10.5 Å². The molecule has 30 heavy (non-hydrogen) atoms. The van der Waals surface area contributed by atoms with Crippen molar-refractivity contribution in [1.29, 1.82) is 0 Å². The molecule has 1 atom stereocenters. The summed E-state index contributed by atoms with van der Waals surface area (Å²) in [5, 5.41) is 2.36. The number of hydrogen-bond acceptors (Lipinski definition) is 8. The van der Waals surface area contributed by atoms with Gasteiger partial charge in [-0.2, -0.15) is 0 Å². The maximum Gasteiger partial charge on any atom is 0.333 e. The number of esters is 2. The lowest BCUT2D eigenvalue weighted by Crippen LogP contribution is -2.37. The van der Waals surface area contributed by atoms with Gasteiger partial charge in [-0.25, -0.2) is 9.59 Å². The molecule has 0 saturated carbocycles. The monoisotopic (exact) mass is 416 g/mol. The highest BCUT2D eigenvalue weighted by atomic mass is 16.6. The van der Waals surface area contributed by atoms with E-state index in [2.05, 4.69) is 10.1 Å². The van der Waals surface area contributed by atoms with E-state index >= 15 is 0 Å². The third kappa shape index (κ3) is 6.61. The van der Waals surface area contributed by atoms with Crippen molar-refractivity contribution in [3.05, 3.63) is 47.5 Å². The highest BCUT2D eigenvalue weighted by Crippen LogP contribution is 2.08. The molecule has 1 aliphatic heterocycles. The predicted octanol–water partition coefficient (Wildman–Crippen LogP) is -0.632. The molecular formula is C20H24N4O6. The number of rotatable bonds is 10. The van der Waals surface area contributed by atoms with Gasteiger partial charge in [0.25, 0.3) is 17.7 Å². The number of carbonyl (C=O) groups excluding carboxylic acids is 5. The Bertz CT molecular complexity index is 849. The Morgan fingerprint density at radius 3 is 2.47 bits per heavy atom. The van der Waals surface area contributed by atoms with Gasteiger partial charge in [0.15, 0.2) is 0 Å². The van der Waals surface area contributed by atoms with Crippen molar-refractivity contribution in [2.24, 2.45) is 11.5 Å². The minimum Gasteiger partial charge on any atom is -0.391 e. The number of nitrogens with zero attached hydrogens (tertiary/aromatic N) is 1. The lowest BCUT2D eigenvalue weighted by molar-refractivity contribution is -0.160. The minimum atomic E-state index is -1.03. The number of ether oxygens (including phenoxy) is 1. The largest absolute Gasteiger partial charge is 0.391 e. The van der Waals surface area contributed by atoms with E-state index in [0.29, 0.717) is 18.4 Å². The smallest absolute Gasteiger partial charge is 0.333 e. The number of nitrogens with one attached hydrogen (secondary N) is 1. The van der Waals surface area contributed by atoms with Crippen molar-refractivity contribution in [3.8, 4) is 0 Å². The van der Waals surface area contributed by atoms with Crippen molar-refractivity contribution >= 4 is 29.7 Å². The van der Waals surface area contributed by atoms with E-state index in [1.54, 1.807) is 24.3 Å². The standard InChI is InChI=1S/C20H24N4O6/c21-11-13-4-3-5-14(10-13)19(28)23-12-18(27)30-20(29)15(22)6-1-2-9-24-16(25)7-8-17(24)26/h3-5,7-8,10,15H,1-2,6,9,11-12,21-22H2,(H,23,28)/t15-/m1/s1. The second-order valence-corrected chi connectivity index (χ2v) is 6.64. The molecule has 1 aromatic carbocycles. The Hall–Kier alpha value is -3.37. The number of benzene rings is 1. The first-order valence-corrected chi connectivity index (χ1v) is 9.42. The predicted molar refractivity (Wildman–Crippen MR) is 105 cm³/mol. The van der Waals surface area contributed by atoms with Gasteiger partial charge < -0.3 is 21.5 Å². The van der Waals surface area contributed by atoms with Crippen LogP contribution in [0.15, 0.2) is 36.4 Å². The van der Waals surface area contributed by atoms with Gasteiger partial charge in [-0.05, 0) is 37.0 Å². The summed E-state index contributed by atoms with van der Waals surface area (Å²) in [6, 6.07) is 5.57. The fourth-order valence-corrected chi connectivity index (χ4v) is 2.72. The van der Waals surface area contributed by atoms with Gasteiger partial charge in [-0.3, -0.25) is 19.3 Å². The normalized spacial score (nSPS) is 14.0. The van der Waals surface area contributed by atoms with Gasteiger partial charge in [0.1, 0.15) is 12.6 Å². The van der Waals surface area contributed by atoms with Crippen LogP contribution in [-0.2, 0) is 30.5 Å². The van der Waals surface area contributed by atoms with Gasteiger partial charge in [-0.15, -0.1) is 0 Å². The molecule has 0 aromatic heterocycles. The fraction of sp³-hybridized carbons (Fsp3) is 0.350. The third-order valence-corrected chi connectivity index (χ3v) is 4.38. The van der Waals surface area contributed by atoms with Crippen LogP contribution < -0.4 is 16.8 Å². The van der Waals surface area contributed by atoms with Crippen molar-refractivity contribution in [2.75, 3.05) is 13.1 Å². The van der Waals surface area contributed by atoms with Crippen LogP contribution in [0.25, 0.3) is 0 Å². The Labute approximate surface area is 173 Å². The number of unbranched alkanes of at least 4 members (excludes halogenated alkanes) is 1. The van der Waals surface area contributed by atoms with Gasteiger partial charge in [-0.1, -0.05) is 12.1 Å². The summed E-state index contributed by atoms with van der Waals surface area (Å²) in [5.74, 6) is -3.08. The van der Waals surface area contributed by atoms with Crippen LogP contribution in [0, 0.1) is 0 Å². The molecular weight excluding hydrogens is 392 g/mol. The summed E-state index contributed by atoms with van der Waals surface area (Å²) in [7, 11) is 0. The molecule has 0 fully saturated rings. The Morgan fingerprint density at radius 1 is 1.10 bits per heavy atom. The van der Waals surface area contributed by atoms with Crippen LogP contribution in [0.2, 0.25) is 0 Å². The Balaban J connectivity index is 1.66. The average Bonchev–Trinajstić information content (AvgIpc) is 3.06. The summed E-state index contributed by atoms with van der Waals surface area (Å²) in [5.41, 5.74) is 12.3. The molecule has 0 bridgehead atoms. The summed E-state index contributed by atoms with van der Waals surface area (Å²) < 4.78 is 4.64. The molecule has 3 amide bonds. The van der Waals surface area contributed by atoms with Gasteiger partial charge >= 0.3 is 11.9 Å². The summed E-state index contributed by atoms with van der Waals surface area (Å²) >= 11 is 0. The maximum atomic E-state index is 12.0. The van der Waals surface area contributed by atoms with Crippen LogP contribution in [0.5, 0.6) is 0 Å². The van der Waals surface area contributed by atoms with Crippen LogP contribution in [-0.4, -0.2) is 53.7 Å². The second kappa shape index (κ2) is 11.0. The number of imide groups is 1. The van der Waals surface area contributed by atoms with E-state index in [1.165, 1.54) is 12.2 Å². The van der Waals surface area contributed by atoms with E-state index in [1.807, 2.05) is 0 Å². The number of hydrogen-bond donors (Lipinski definition) is 3. The zero-order valence-corrected chi connectivity index (χ0v) is 16.3. The maximum absolute atomic E-state index is 12.0. The molecule has 2 rings (SSSR count). The first kappa shape index (κ1) is 22.9. The zero-order valence-electron chi connectivity index (χ0n) is 16.3. The summed E-state index contributed by atoms with van der Waals surface area (Å²) in [6.45, 7) is 0.0101. The van der Waals surface area contributed by atoms with E-state index < -0.39 is 30.4 Å². The molecule has 0 saturated heterocycles. The van der Waals surface area contributed by atoms with Crippen molar-refractivity contribution in [1.82, 2.24) is 10.2 Å². The minimum absolute atomic E-state index is 0.216. The van der Waals surface area contributed by atoms with E-state index in [4.69, 9.17) is 11.5 Å².